The molecule has 4 fully saturated rings. The van der Waals surface area contributed by atoms with Crippen LogP contribution in [0, 0.1) is 70.4 Å². The molecule has 0 N–H and O–H groups in total. The fourth-order valence-electron chi connectivity index (χ4n) is 10.8. The summed E-state index contributed by atoms with van der Waals surface area (Å²) in [4.78, 5) is 0. The minimum absolute atomic E-state index is 0.0938. The van der Waals surface area contributed by atoms with E-state index in [1.807, 2.05) is 12.1 Å². The van der Waals surface area contributed by atoms with Gasteiger partial charge < -0.3 is 4.74 Å². The van der Waals surface area contributed by atoms with Gasteiger partial charge in [0.05, 0.1) is 5.56 Å². The molecule has 0 amide bonds. The van der Waals surface area contributed by atoms with E-state index in [0.29, 0.717) is 5.56 Å². The van der Waals surface area contributed by atoms with Crippen molar-refractivity contribution in [2.24, 2.45) is 40.9 Å². The topological polar surface area (TPSA) is 9.23 Å². The molecule has 1 aromatic carbocycles. The van der Waals surface area contributed by atoms with Crippen LogP contribution < -0.4 is 0 Å². The van der Waals surface area contributed by atoms with Crippen LogP contribution in [0.25, 0.3) is 0 Å². The maximum atomic E-state index is 15.5. The molecule has 4 aliphatic carbocycles. The first-order chi connectivity index (χ1) is 24.4. The third kappa shape index (κ3) is 11.1. The second-order valence-electron chi connectivity index (χ2n) is 17.7. The Balaban J connectivity index is 1.16. The fraction of sp³-hybridized carbons (Fsp3) is 0.792. The average molecular weight is 685 g/mol. The van der Waals surface area contributed by atoms with Gasteiger partial charge in [-0.15, -0.1) is 0 Å². The lowest BCUT2D eigenvalue weighted by atomic mass is 9.63. The summed E-state index contributed by atoms with van der Waals surface area (Å²) in [5, 5.41) is 0. The highest BCUT2D eigenvalue weighted by molar-refractivity contribution is 5.44. The Bertz CT molecular complexity index is 1260. The predicted molar refractivity (Wildman–Crippen MR) is 210 cm³/mol. The Hall–Kier alpha value is -1.77. The maximum absolute atomic E-state index is 15.5. The van der Waals surface area contributed by atoms with E-state index in [9.17, 15) is 0 Å². The Morgan fingerprint density at radius 3 is 1.74 bits per heavy atom. The summed E-state index contributed by atoms with van der Waals surface area (Å²) in [6, 6.07) is 5.48. The zero-order chi connectivity index (χ0) is 35.2. The molecule has 4 saturated carbocycles. The zero-order valence-electron chi connectivity index (χ0n) is 32.9. The summed E-state index contributed by atoms with van der Waals surface area (Å²) in [6.45, 7) is 6.93. The SMILES string of the molecule is CCCCCC1CCC(C2CCC(C#Cc3ccc(C#CC4(OC)CCC(C5CCC(CCC)CC5)CC4)c(F)c3)(CCCCC)CC2)CC1. The number of ether oxygens (including phenoxy) is 1. The molecule has 0 atom stereocenters. The van der Waals surface area contributed by atoms with Crippen LogP contribution in [0.2, 0.25) is 0 Å². The standard InChI is InChI=1S/C48H73FO/c1-5-8-10-13-39-16-21-41(22-17-39)43-25-32-47(33-26-43,30-11-9-6-2)31-24-40-18-23-45(46(49)37-40)29-36-48(50-4)34-27-44(28-35-48)42-19-14-38(12-7-3)15-20-42/h18,23,37-39,41-44H,5-17,19-22,25-28,30,32-35H2,1-4H3. The van der Waals surface area contributed by atoms with Gasteiger partial charge in [-0.1, -0.05) is 128 Å². The van der Waals surface area contributed by atoms with Gasteiger partial charge in [-0.3, -0.25) is 0 Å². The Morgan fingerprint density at radius 2 is 1.18 bits per heavy atom. The predicted octanol–water partition coefficient (Wildman–Crippen LogP) is 13.9. The van der Waals surface area contributed by atoms with Crippen molar-refractivity contribution in [3.05, 3.63) is 35.1 Å². The van der Waals surface area contributed by atoms with Crippen molar-refractivity contribution in [3.63, 3.8) is 0 Å². The summed E-state index contributed by atoms with van der Waals surface area (Å²) in [7, 11) is 1.80. The summed E-state index contributed by atoms with van der Waals surface area (Å²) in [5.74, 6) is 19.1. The van der Waals surface area contributed by atoms with Gasteiger partial charge in [-0.25, -0.2) is 4.39 Å². The van der Waals surface area contributed by atoms with E-state index in [2.05, 4.69) is 44.5 Å². The molecule has 0 saturated heterocycles. The molecular formula is C48H73FO. The zero-order valence-corrected chi connectivity index (χ0v) is 32.9. The molecule has 5 rings (SSSR count). The maximum Gasteiger partial charge on any atom is 0.140 e. The molecule has 278 valence electrons. The van der Waals surface area contributed by atoms with Crippen molar-refractivity contribution in [1.82, 2.24) is 0 Å². The van der Waals surface area contributed by atoms with Crippen LogP contribution in [0.4, 0.5) is 4.39 Å². The molecule has 0 heterocycles. The first kappa shape index (κ1) is 39.4. The summed E-state index contributed by atoms with van der Waals surface area (Å²) >= 11 is 0. The van der Waals surface area contributed by atoms with Crippen molar-refractivity contribution < 1.29 is 9.13 Å². The lowest BCUT2D eigenvalue weighted by Gasteiger charge is -2.41. The van der Waals surface area contributed by atoms with E-state index in [1.165, 1.54) is 154 Å². The van der Waals surface area contributed by atoms with Crippen LogP contribution in [0.1, 0.15) is 199 Å². The lowest BCUT2D eigenvalue weighted by molar-refractivity contribution is -0.0127. The molecule has 0 unspecified atom stereocenters. The number of methoxy groups -OCH3 is 1. The van der Waals surface area contributed by atoms with Crippen molar-refractivity contribution in [1.29, 1.82) is 0 Å². The van der Waals surface area contributed by atoms with Gasteiger partial charge in [0.1, 0.15) is 11.4 Å². The highest BCUT2D eigenvalue weighted by Crippen LogP contribution is 2.48. The molecule has 0 bridgehead atoms. The van der Waals surface area contributed by atoms with E-state index in [0.717, 1.165) is 53.9 Å². The molecule has 0 aliphatic heterocycles. The fourth-order valence-corrected chi connectivity index (χ4v) is 10.8. The quantitative estimate of drug-likeness (QED) is 0.148. The third-order valence-corrected chi connectivity index (χ3v) is 14.4. The average Bonchev–Trinajstić information content (AvgIpc) is 3.15. The van der Waals surface area contributed by atoms with Gasteiger partial charge in [0.15, 0.2) is 0 Å². The second kappa shape index (κ2) is 19.9. The number of hydrogen-bond donors (Lipinski definition) is 0. The molecule has 2 heteroatoms. The van der Waals surface area contributed by atoms with Gasteiger partial charge in [0.2, 0.25) is 0 Å². The smallest absolute Gasteiger partial charge is 0.140 e. The van der Waals surface area contributed by atoms with Gasteiger partial charge in [-0.05, 0) is 137 Å². The highest BCUT2D eigenvalue weighted by Gasteiger charge is 2.39. The van der Waals surface area contributed by atoms with Crippen molar-refractivity contribution in [2.45, 2.75) is 193 Å². The monoisotopic (exact) mass is 685 g/mol. The van der Waals surface area contributed by atoms with Crippen molar-refractivity contribution in [3.8, 4) is 23.7 Å². The van der Waals surface area contributed by atoms with Gasteiger partial charge >= 0.3 is 0 Å². The molecule has 4 aliphatic rings. The molecular weight excluding hydrogens is 612 g/mol. The molecule has 50 heavy (non-hydrogen) atoms. The Labute approximate surface area is 308 Å². The minimum atomic E-state index is -0.446. The molecule has 0 radical (unpaired) electrons. The summed E-state index contributed by atoms with van der Waals surface area (Å²) in [5.41, 5.74) is 0.915. The lowest BCUT2D eigenvalue weighted by Crippen LogP contribution is -2.37. The van der Waals surface area contributed by atoms with Crippen LogP contribution in [0.5, 0.6) is 0 Å². The number of rotatable bonds is 13. The van der Waals surface area contributed by atoms with E-state index in [-0.39, 0.29) is 11.2 Å². The van der Waals surface area contributed by atoms with Gasteiger partial charge in [0.25, 0.3) is 0 Å². The molecule has 1 nitrogen and oxygen atoms in total. The highest BCUT2D eigenvalue weighted by atomic mass is 19.1. The van der Waals surface area contributed by atoms with Crippen molar-refractivity contribution >= 4 is 0 Å². The van der Waals surface area contributed by atoms with Gasteiger partial charge in [-0.2, -0.15) is 0 Å². The third-order valence-electron chi connectivity index (χ3n) is 14.4. The Kier molecular flexibility index (Phi) is 15.7. The first-order valence-electron chi connectivity index (χ1n) is 21.8. The molecule has 0 spiro atoms. The van der Waals surface area contributed by atoms with E-state index < -0.39 is 5.60 Å². The molecule has 0 aromatic heterocycles. The van der Waals surface area contributed by atoms with Crippen LogP contribution in [0.3, 0.4) is 0 Å². The number of hydrogen-bond acceptors (Lipinski definition) is 1. The van der Waals surface area contributed by atoms with E-state index in [4.69, 9.17) is 4.74 Å². The first-order valence-corrected chi connectivity index (χ1v) is 21.8. The normalized spacial score (nSPS) is 33.1. The molecule has 1 aromatic rings. The number of unbranched alkanes of at least 4 members (excludes halogenated alkanes) is 4. The Morgan fingerprint density at radius 1 is 0.620 bits per heavy atom. The summed E-state index contributed by atoms with van der Waals surface area (Å²) < 4.78 is 21.6. The second-order valence-corrected chi connectivity index (χ2v) is 17.7. The van der Waals surface area contributed by atoms with E-state index >= 15 is 4.39 Å². The van der Waals surface area contributed by atoms with Crippen LogP contribution in [-0.2, 0) is 4.74 Å². The minimum Gasteiger partial charge on any atom is -0.366 e. The van der Waals surface area contributed by atoms with Crippen molar-refractivity contribution in [2.75, 3.05) is 7.11 Å². The van der Waals surface area contributed by atoms with E-state index in [1.54, 1.807) is 13.2 Å². The van der Waals surface area contributed by atoms with Crippen LogP contribution in [-0.4, -0.2) is 12.7 Å². The van der Waals surface area contributed by atoms with Crippen LogP contribution in [0.15, 0.2) is 18.2 Å². The largest absolute Gasteiger partial charge is 0.366 e. The number of halogens is 1. The summed E-state index contributed by atoms with van der Waals surface area (Å²) in [6.07, 6.45) is 34.2. The van der Waals surface area contributed by atoms with Crippen LogP contribution >= 0.6 is 0 Å². The van der Waals surface area contributed by atoms with Gasteiger partial charge in [0, 0.05) is 18.1 Å². The number of benzene rings is 1.